The first-order chi connectivity index (χ1) is 13.5. The van der Waals surface area contributed by atoms with Gasteiger partial charge in [0.1, 0.15) is 0 Å². The van der Waals surface area contributed by atoms with E-state index in [-0.39, 0.29) is 18.3 Å². The Morgan fingerprint density at radius 3 is 2.57 bits per heavy atom. The van der Waals surface area contributed by atoms with E-state index in [1.807, 2.05) is 12.1 Å². The first-order valence-electron chi connectivity index (χ1n) is 10.1. The lowest BCUT2D eigenvalue weighted by Gasteiger charge is -2.45. The van der Waals surface area contributed by atoms with Crippen molar-refractivity contribution in [3.05, 3.63) is 30.1 Å². The number of likely N-dealkylation sites (tertiary alicyclic amines) is 1. The quantitative estimate of drug-likeness (QED) is 0.667. The number of hydrogen-bond acceptors (Lipinski definition) is 6. The molecule has 0 saturated carbocycles. The molecule has 0 aromatic carbocycles. The average molecular weight is 389 g/mol. The largest absolute Gasteiger partial charge is 0.469 e. The molecule has 3 rings (SSSR count). The fourth-order valence-electron chi connectivity index (χ4n) is 4.26. The van der Waals surface area contributed by atoms with Crippen LogP contribution in [0.4, 0.5) is 0 Å². The number of aromatic nitrogens is 1. The number of esters is 1. The SMILES string of the molecule is COC(=O)[C@@H]1CC(=O)N(OCCC(C)C)C12CCN(Cc1ccncc1)CC2. The predicted molar refractivity (Wildman–Crippen MR) is 104 cm³/mol. The van der Waals surface area contributed by atoms with Crippen LogP contribution in [0.15, 0.2) is 24.5 Å². The van der Waals surface area contributed by atoms with E-state index >= 15 is 0 Å². The third kappa shape index (κ3) is 4.36. The Hall–Kier alpha value is -1.99. The number of amides is 1. The molecular formula is C21H31N3O4. The summed E-state index contributed by atoms with van der Waals surface area (Å²) in [5.74, 6) is -0.396. The molecule has 0 aliphatic carbocycles. The maximum absolute atomic E-state index is 12.7. The van der Waals surface area contributed by atoms with E-state index in [2.05, 4.69) is 23.7 Å². The van der Waals surface area contributed by atoms with Gasteiger partial charge >= 0.3 is 5.97 Å². The zero-order chi connectivity index (χ0) is 20.1. The molecule has 1 spiro atoms. The summed E-state index contributed by atoms with van der Waals surface area (Å²) in [6.45, 7) is 7.17. The molecule has 0 radical (unpaired) electrons. The van der Waals surface area contributed by atoms with Crippen LogP contribution in [-0.2, 0) is 25.7 Å². The molecule has 2 aliphatic rings. The normalized spacial score (nSPS) is 22.2. The Kier molecular flexibility index (Phi) is 6.67. The lowest BCUT2D eigenvalue weighted by Crippen LogP contribution is -2.57. The van der Waals surface area contributed by atoms with Crippen LogP contribution < -0.4 is 0 Å². The Morgan fingerprint density at radius 2 is 1.96 bits per heavy atom. The van der Waals surface area contributed by atoms with Crippen molar-refractivity contribution in [2.75, 3.05) is 26.8 Å². The molecule has 2 fully saturated rings. The third-order valence-corrected chi connectivity index (χ3v) is 5.94. The van der Waals surface area contributed by atoms with E-state index in [1.54, 1.807) is 12.4 Å². The molecule has 1 aromatic rings. The molecule has 0 unspecified atom stereocenters. The number of hydroxylamine groups is 2. The summed E-state index contributed by atoms with van der Waals surface area (Å²) < 4.78 is 5.03. The topological polar surface area (TPSA) is 72.0 Å². The van der Waals surface area contributed by atoms with Crippen LogP contribution in [0.25, 0.3) is 0 Å². The van der Waals surface area contributed by atoms with E-state index in [1.165, 1.54) is 17.7 Å². The number of carbonyl (C=O) groups is 2. The highest BCUT2D eigenvalue weighted by molar-refractivity contribution is 5.88. The molecule has 154 valence electrons. The van der Waals surface area contributed by atoms with Gasteiger partial charge in [-0.2, -0.15) is 0 Å². The van der Waals surface area contributed by atoms with Gasteiger partial charge in [-0.25, -0.2) is 5.06 Å². The summed E-state index contributed by atoms with van der Waals surface area (Å²) >= 11 is 0. The Bertz CT molecular complexity index is 671. The van der Waals surface area contributed by atoms with Crippen LogP contribution in [0.3, 0.4) is 0 Å². The minimum atomic E-state index is -0.601. The fraction of sp³-hybridized carbons (Fsp3) is 0.667. The number of pyridine rings is 1. The van der Waals surface area contributed by atoms with Crippen molar-refractivity contribution >= 4 is 11.9 Å². The van der Waals surface area contributed by atoms with E-state index in [0.29, 0.717) is 25.4 Å². The average Bonchev–Trinajstić information content (AvgIpc) is 2.96. The van der Waals surface area contributed by atoms with E-state index in [9.17, 15) is 9.59 Å². The Labute approximate surface area is 167 Å². The highest BCUT2D eigenvalue weighted by atomic mass is 16.7. The zero-order valence-electron chi connectivity index (χ0n) is 17.1. The maximum Gasteiger partial charge on any atom is 0.311 e. The van der Waals surface area contributed by atoms with Gasteiger partial charge in [-0.05, 0) is 42.9 Å². The summed E-state index contributed by atoms with van der Waals surface area (Å²) in [5.41, 5.74) is 0.610. The summed E-state index contributed by atoms with van der Waals surface area (Å²) in [6.07, 6.45) is 6.04. The second-order valence-electron chi connectivity index (χ2n) is 8.22. The molecule has 7 nitrogen and oxygen atoms in total. The number of piperidine rings is 1. The van der Waals surface area contributed by atoms with Crippen LogP contribution in [0.2, 0.25) is 0 Å². The van der Waals surface area contributed by atoms with Crippen molar-refractivity contribution in [3.63, 3.8) is 0 Å². The summed E-state index contributed by atoms with van der Waals surface area (Å²) in [4.78, 5) is 37.5. The zero-order valence-corrected chi connectivity index (χ0v) is 17.1. The first-order valence-corrected chi connectivity index (χ1v) is 10.1. The van der Waals surface area contributed by atoms with Crippen molar-refractivity contribution in [3.8, 4) is 0 Å². The van der Waals surface area contributed by atoms with Gasteiger partial charge < -0.3 is 4.74 Å². The van der Waals surface area contributed by atoms with Gasteiger partial charge in [-0.3, -0.25) is 24.3 Å². The smallest absolute Gasteiger partial charge is 0.311 e. The van der Waals surface area contributed by atoms with Crippen molar-refractivity contribution < 1.29 is 19.2 Å². The summed E-state index contributed by atoms with van der Waals surface area (Å²) in [6, 6.07) is 4.03. The van der Waals surface area contributed by atoms with Gasteiger partial charge in [0.05, 0.1) is 25.2 Å². The predicted octanol–water partition coefficient (Wildman–Crippen LogP) is 2.42. The molecule has 2 aliphatic heterocycles. The third-order valence-electron chi connectivity index (χ3n) is 5.94. The first kappa shape index (κ1) is 20.7. The van der Waals surface area contributed by atoms with Gasteiger partial charge in [0.2, 0.25) is 5.91 Å². The molecule has 1 atom stereocenters. The van der Waals surface area contributed by atoms with Crippen molar-refractivity contribution in [1.82, 2.24) is 14.9 Å². The number of carbonyl (C=O) groups excluding carboxylic acids is 2. The molecule has 3 heterocycles. The summed E-state index contributed by atoms with van der Waals surface area (Å²) in [7, 11) is 1.39. The van der Waals surface area contributed by atoms with Gasteiger partial charge in [0.25, 0.3) is 0 Å². The lowest BCUT2D eigenvalue weighted by molar-refractivity contribution is -0.224. The number of methoxy groups -OCH3 is 1. The van der Waals surface area contributed by atoms with Crippen molar-refractivity contribution in [2.45, 2.75) is 51.6 Å². The molecule has 0 bridgehead atoms. The number of ether oxygens (including phenoxy) is 1. The van der Waals surface area contributed by atoms with Crippen LogP contribution in [-0.4, -0.2) is 59.2 Å². The number of nitrogens with zero attached hydrogens (tertiary/aromatic N) is 3. The van der Waals surface area contributed by atoms with Crippen molar-refractivity contribution in [2.24, 2.45) is 11.8 Å². The van der Waals surface area contributed by atoms with Gasteiger partial charge in [0, 0.05) is 38.4 Å². The minimum absolute atomic E-state index is 0.110. The minimum Gasteiger partial charge on any atom is -0.469 e. The van der Waals surface area contributed by atoms with Gasteiger partial charge in [-0.15, -0.1) is 0 Å². The molecule has 28 heavy (non-hydrogen) atoms. The second-order valence-corrected chi connectivity index (χ2v) is 8.22. The van der Waals surface area contributed by atoms with Gasteiger partial charge in [0.15, 0.2) is 0 Å². The van der Waals surface area contributed by atoms with E-state index in [4.69, 9.17) is 9.57 Å². The standard InChI is InChI=1S/C21H31N3O4/c1-16(2)6-13-28-24-19(25)14-18(20(26)27-3)21(24)7-11-23(12-8-21)15-17-4-9-22-10-5-17/h4-5,9-10,16,18H,6-8,11-15H2,1-3H3/t18-/m0/s1. The Morgan fingerprint density at radius 1 is 1.29 bits per heavy atom. The highest BCUT2D eigenvalue weighted by Gasteiger charge is 2.58. The maximum atomic E-state index is 12.7. The number of rotatable bonds is 7. The van der Waals surface area contributed by atoms with Crippen molar-refractivity contribution in [1.29, 1.82) is 0 Å². The van der Waals surface area contributed by atoms with E-state index in [0.717, 1.165) is 26.1 Å². The number of hydrogen-bond donors (Lipinski definition) is 0. The monoisotopic (exact) mass is 389 g/mol. The Balaban J connectivity index is 1.72. The summed E-state index contributed by atoms with van der Waals surface area (Å²) in [5, 5.41) is 1.53. The van der Waals surface area contributed by atoms with Crippen LogP contribution >= 0.6 is 0 Å². The molecule has 2 saturated heterocycles. The van der Waals surface area contributed by atoms with Crippen LogP contribution in [0.5, 0.6) is 0 Å². The molecule has 1 amide bonds. The fourth-order valence-corrected chi connectivity index (χ4v) is 4.26. The van der Waals surface area contributed by atoms with Gasteiger partial charge in [-0.1, -0.05) is 13.8 Å². The van der Waals surface area contributed by atoms with Crippen LogP contribution in [0.1, 0.15) is 45.1 Å². The van der Waals surface area contributed by atoms with E-state index < -0.39 is 11.5 Å². The highest BCUT2D eigenvalue weighted by Crippen LogP contribution is 2.44. The lowest BCUT2D eigenvalue weighted by atomic mass is 9.77. The second kappa shape index (κ2) is 9.01. The van der Waals surface area contributed by atoms with Crippen LogP contribution in [0, 0.1) is 11.8 Å². The molecule has 1 aromatic heterocycles. The molecular weight excluding hydrogens is 358 g/mol. The molecule has 0 N–H and O–H groups in total. The molecule has 7 heteroatoms.